The van der Waals surface area contributed by atoms with Crippen LogP contribution in [0.2, 0.25) is 0 Å². The monoisotopic (exact) mass is 278 g/mol. The SMILES string of the molecule is CCC(N)Cc1cc(F)ccc1N1CC(C)CC(C)C1. The Kier molecular flexibility index (Phi) is 5.03. The van der Waals surface area contributed by atoms with Gasteiger partial charge in [-0.25, -0.2) is 4.39 Å². The summed E-state index contributed by atoms with van der Waals surface area (Å²) in [6.45, 7) is 8.79. The Balaban J connectivity index is 2.25. The maximum Gasteiger partial charge on any atom is 0.123 e. The van der Waals surface area contributed by atoms with Gasteiger partial charge in [-0.15, -0.1) is 0 Å². The van der Waals surface area contributed by atoms with Gasteiger partial charge < -0.3 is 10.6 Å². The summed E-state index contributed by atoms with van der Waals surface area (Å²) in [6.07, 6.45) is 2.95. The molecule has 1 aromatic rings. The van der Waals surface area contributed by atoms with Crippen LogP contribution < -0.4 is 10.6 Å². The highest BCUT2D eigenvalue weighted by molar-refractivity contribution is 5.54. The van der Waals surface area contributed by atoms with Crippen molar-refractivity contribution in [1.82, 2.24) is 0 Å². The van der Waals surface area contributed by atoms with Crippen molar-refractivity contribution in [2.24, 2.45) is 17.6 Å². The minimum absolute atomic E-state index is 0.107. The summed E-state index contributed by atoms with van der Waals surface area (Å²) in [4.78, 5) is 2.41. The van der Waals surface area contributed by atoms with Crippen molar-refractivity contribution >= 4 is 5.69 Å². The van der Waals surface area contributed by atoms with Gasteiger partial charge in [0, 0.05) is 24.8 Å². The predicted molar refractivity (Wildman–Crippen MR) is 83.5 cm³/mol. The summed E-state index contributed by atoms with van der Waals surface area (Å²) < 4.78 is 13.6. The molecule has 1 aliphatic heterocycles. The standard InChI is InChI=1S/C17H27FN2/c1-4-16(19)9-14-8-15(18)5-6-17(14)20-10-12(2)7-13(3)11-20/h5-6,8,12-13,16H,4,7,9-11,19H2,1-3H3. The second-order valence-electron chi connectivity index (χ2n) is 6.50. The summed E-state index contributed by atoms with van der Waals surface area (Å²) in [5.41, 5.74) is 8.30. The minimum Gasteiger partial charge on any atom is -0.371 e. The van der Waals surface area contributed by atoms with Crippen molar-refractivity contribution in [2.75, 3.05) is 18.0 Å². The average Bonchev–Trinajstić information content (AvgIpc) is 2.37. The Morgan fingerprint density at radius 2 is 1.95 bits per heavy atom. The molecule has 0 aliphatic carbocycles. The van der Waals surface area contributed by atoms with Gasteiger partial charge in [0.1, 0.15) is 5.82 Å². The number of hydrogen-bond acceptors (Lipinski definition) is 2. The molecular formula is C17H27FN2. The van der Waals surface area contributed by atoms with Crippen LogP contribution >= 0.6 is 0 Å². The van der Waals surface area contributed by atoms with Crippen molar-refractivity contribution in [3.05, 3.63) is 29.6 Å². The van der Waals surface area contributed by atoms with Crippen molar-refractivity contribution in [3.8, 4) is 0 Å². The van der Waals surface area contributed by atoms with Gasteiger partial charge in [-0.1, -0.05) is 20.8 Å². The quantitative estimate of drug-likeness (QED) is 0.912. The van der Waals surface area contributed by atoms with Gasteiger partial charge in [0.15, 0.2) is 0 Å². The maximum atomic E-state index is 13.6. The highest BCUT2D eigenvalue weighted by atomic mass is 19.1. The van der Waals surface area contributed by atoms with E-state index in [1.54, 1.807) is 12.1 Å². The first-order chi connectivity index (χ1) is 9.49. The molecule has 1 heterocycles. The van der Waals surface area contributed by atoms with Gasteiger partial charge in [-0.3, -0.25) is 0 Å². The van der Waals surface area contributed by atoms with Crippen LogP contribution in [0.25, 0.3) is 0 Å². The molecule has 20 heavy (non-hydrogen) atoms. The molecule has 3 heteroatoms. The third-order valence-corrected chi connectivity index (χ3v) is 4.26. The Bertz CT molecular complexity index is 437. The van der Waals surface area contributed by atoms with E-state index in [4.69, 9.17) is 5.73 Å². The maximum absolute atomic E-state index is 13.6. The first-order valence-corrected chi connectivity index (χ1v) is 7.78. The van der Waals surface area contributed by atoms with E-state index in [2.05, 4.69) is 25.7 Å². The molecule has 112 valence electrons. The Morgan fingerprint density at radius 1 is 1.30 bits per heavy atom. The van der Waals surface area contributed by atoms with E-state index in [0.717, 1.165) is 31.5 Å². The van der Waals surface area contributed by atoms with E-state index in [-0.39, 0.29) is 11.9 Å². The van der Waals surface area contributed by atoms with Gasteiger partial charge in [-0.2, -0.15) is 0 Å². The van der Waals surface area contributed by atoms with Crippen molar-refractivity contribution in [2.45, 2.75) is 46.1 Å². The predicted octanol–water partition coefficient (Wildman–Crippen LogP) is 3.59. The lowest BCUT2D eigenvalue weighted by molar-refractivity contribution is 0.356. The zero-order chi connectivity index (χ0) is 14.7. The number of nitrogens with zero attached hydrogens (tertiary/aromatic N) is 1. The largest absolute Gasteiger partial charge is 0.371 e. The van der Waals surface area contributed by atoms with Crippen LogP contribution in [0.15, 0.2) is 18.2 Å². The smallest absolute Gasteiger partial charge is 0.123 e. The molecule has 1 fully saturated rings. The molecule has 1 aromatic carbocycles. The lowest BCUT2D eigenvalue weighted by Gasteiger charge is -2.38. The fourth-order valence-electron chi connectivity index (χ4n) is 3.31. The van der Waals surface area contributed by atoms with Crippen LogP contribution in [0.1, 0.15) is 39.2 Å². The van der Waals surface area contributed by atoms with Crippen molar-refractivity contribution in [1.29, 1.82) is 0 Å². The molecule has 2 nitrogen and oxygen atoms in total. The van der Waals surface area contributed by atoms with Crippen LogP contribution in [-0.2, 0) is 6.42 Å². The molecule has 1 saturated heterocycles. The average molecular weight is 278 g/mol. The van der Waals surface area contributed by atoms with E-state index in [0.29, 0.717) is 11.8 Å². The number of nitrogens with two attached hydrogens (primary N) is 1. The summed E-state index contributed by atoms with van der Waals surface area (Å²) in [5, 5.41) is 0. The number of rotatable bonds is 4. The van der Waals surface area contributed by atoms with Crippen molar-refractivity contribution in [3.63, 3.8) is 0 Å². The number of hydrogen-bond donors (Lipinski definition) is 1. The summed E-state index contributed by atoms with van der Waals surface area (Å²) in [6, 6.07) is 5.27. The molecule has 2 N–H and O–H groups in total. The van der Waals surface area contributed by atoms with E-state index in [1.165, 1.54) is 12.1 Å². The molecule has 1 aliphatic rings. The molecule has 2 rings (SSSR count). The van der Waals surface area contributed by atoms with Gasteiger partial charge in [0.05, 0.1) is 0 Å². The van der Waals surface area contributed by atoms with Crippen LogP contribution in [0.3, 0.4) is 0 Å². The van der Waals surface area contributed by atoms with Gasteiger partial charge in [-0.05, 0) is 54.9 Å². The van der Waals surface area contributed by atoms with E-state index in [9.17, 15) is 4.39 Å². The number of benzene rings is 1. The zero-order valence-corrected chi connectivity index (χ0v) is 12.9. The fourth-order valence-corrected chi connectivity index (χ4v) is 3.31. The topological polar surface area (TPSA) is 29.3 Å². The first kappa shape index (κ1) is 15.3. The zero-order valence-electron chi connectivity index (χ0n) is 12.9. The third-order valence-electron chi connectivity index (χ3n) is 4.26. The normalized spacial score (nSPS) is 24.8. The molecule has 0 bridgehead atoms. The minimum atomic E-state index is -0.162. The summed E-state index contributed by atoms with van der Waals surface area (Å²) in [7, 11) is 0. The van der Waals surface area contributed by atoms with Crippen LogP contribution in [-0.4, -0.2) is 19.1 Å². The van der Waals surface area contributed by atoms with Crippen LogP contribution in [0.4, 0.5) is 10.1 Å². The highest BCUT2D eigenvalue weighted by Crippen LogP contribution is 2.30. The Morgan fingerprint density at radius 3 is 2.55 bits per heavy atom. The first-order valence-electron chi connectivity index (χ1n) is 7.78. The second kappa shape index (κ2) is 6.57. The number of halogens is 1. The van der Waals surface area contributed by atoms with Gasteiger partial charge >= 0.3 is 0 Å². The number of piperidine rings is 1. The van der Waals surface area contributed by atoms with Gasteiger partial charge in [0.2, 0.25) is 0 Å². The highest BCUT2D eigenvalue weighted by Gasteiger charge is 2.24. The van der Waals surface area contributed by atoms with Crippen LogP contribution in [0.5, 0.6) is 0 Å². The van der Waals surface area contributed by atoms with E-state index >= 15 is 0 Å². The summed E-state index contributed by atoms with van der Waals surface area (Å²) in [5.74, 6) is 1.22. The lowest BCUT2D eigenvalue weighted by atomic mass is 9.90. The Hall–Kier alpha value is -1.09. The molecule has 0 radical (unpaired) electrons. The van der Waals surface area contributed by atoms with E-state index < -0.39 is 0 Å². The molecule has 3 unspecified atom stereocenters. The Labute approximate surface area is 122 Å². The third kappa shape index (κ3) is 3.72. The molecule has 0 amide bonds. The molecule has 0 aromatic heterocycles. The lowest BCUT2D eigenvalue weighted by Crippen LogP contribution is -2.39. The molecule has 0 saturated carbocycles. The fraction of sp³-hybridized carbons (Fsp3) is 0.647. The van der Waals surface area contributed by atoms with Crippen molar-refractivity contribution < 1.29 is 4.39 Å². The van der Waals surface area contributed by atoms with Crippen LogP contribution in [0, 0.1) is 17.7 Å². The molecule has 0 spiro atoms. The second-order valence-corrected chi connectivity index (χ2v) is 6.50. The summed E-state index contributed by atoms with van der Waals surface area (Å²) >= 11 is 0. The van der Waals surface area contributed by atoms with Gasteiger partial charge in [0.25, 0.3) is 0 Å². The molecular weight excluding hydrogens is 251 g/mol. The number of anilines is 1. The van der Waals surface area contributed by atoms with E-state index in [1.807, 2.05) is 6.07 Å². The molecule has 3 atom stereocenters.